The lowest BCUT2D eigenvalue weighted by Gasteiger charge is -2.14. The van der Waals surface area contributed by atoms with Gasteiger partial charge in [0, 0.05) is 11.8 Å². The predicted molar refractivity (Wildman–Crippen MR) is 95.8 cm³/mol. The van der Waals surface area contributed by atoms with Crippen molar-refractivity contribution in [3.63, 3.8) is 0 Å². The van der Waals surface area contributed by atoms with E-state index < -0.39 is 18.0 Å². The van der Waals surface area contributed by atoms with Gasteiger partial charge in [0.2, 0.25) is 0 Å². The van der Waals surface area contributed by atoms with Gasteiger partial charge in [-0.3, -0.25) is 4.79 Å². The third-order valence-corrected chi connectivity index (χ3v) is 3.51. The second-order valence-corrected chi connectivity index (χ2v) is 5.38. The van der Waals surface area contributed by atoms with Gasteiger partial charge in [0.15, 0.2) is 6.10 Å². The highest BCUT2D eigenvalue weighted by Crippen LogP contribution is 2.24. The molecule has 0 aliphatic carbocycles. The molecule has 2 aromatic carbocycles. The number of methoxy groups -OCH3 is 1. The summed E-state index contributed by atoms with van der Waals surface area (Å²) in [5, 5.41) is 12.5. The lowest BCUT2D eigenvalue weighted by atomic mass is 10.2. The highest BCUT2D eigenvalue weighted by molar-refractivity contribution is 5.98. The number of ether oxygens (including phenoxy) is 3. The number of phenols is 1. The molecule has 0 unspecified atom stereocenters. The van der Waals surface area contributed by atoms with Crippen molar-refractivity contribution in [1.82, 2.24) is 0 Å². The molecule has 0 spiro atoms. The molecule has 2 N–H and O–H groups in total. The first-order chi connectivity index (χ1) is 12.4. The summed E-state index contributed by atoms with van der Waals surface area (Å²) < 4.78 is 15.4. The third kappa shape index (κ3) is 4.89. The molecule has 0 saturated carbocycles. The first-order valence-corrected chi connectivity index (χ1v) is 8.06. The maximum absolute atomic E-state index is 12.2. The van der Waals surface area contributed by atoms with E-state index in [1.165, 1.54) is 32.2 Å². The normalized spacial score (nSPS) is 11.3. The average molecular weight is 359 g/mol. The van der Waals surface area contributed by atoms with Crippen molar-refractivity contribution in [3.8, 4) is 17.2 Å². The number of carbonyl (C=O) groups excluding carboxylic acids is 2. The van der Waals surface area contributed by atoms with Crippen molar-refractivity contribution in [2.24, 2.45) is 0 Å². The largest absolute Gasteiger partial charge is 0.507 e. The van der Waals surface area contributed by atoms with Crippen molar-refractivity contribution in [2.75, 3.05) is 19.0 Å². The highest BCUT2D eigenvalue weighted by Gasteiger charge is 2.21. The van der Waals surface area contributed by atoms with Crippen LogP contribution in [0.1, 0.15) is 24.2 Å². The van der Waals surface area contributed by atoms with E-state index in [1.807, 2.05) is 6.92 Å². The van der Waals surface area contributed by atoms with Gasteiger partial charge in [-0.25, -0.2) is 4.79 Å². The minimum absolute atomic E-state index is 0.0495. The van der Waals surface area contributed by atoms with Crippen LogP contribution >= 0.6 is 0 Å². The minimum atomic E-state index is -1.05. The molecular formula is C19H21NO6. The van der Waals surface area contributed by atoms with Gasteiger partial charge in [-0.15, -0.1) is 0 Å². The fraction of sp³-hybridized carbons (Fsp3) is 0.263. The van der Waals surface area contributed by atoms with Gasteiger partial charge in [-0.1, -0.05) is 0 Å². The first kappa shape index (κ1) is 19.1. The zero-order valence-electron chi connectivity index (χ0n) is 14.8. The Morgan fingerprint density at radius 2 is 1.77 bits per heavy atom. The van der Waals surface area contributed by atoms with Gasteiger partial charge in [0.25, 0.3) is 5.91 Å². The maximum Gasteiger partial charge on any atom is 0.342 e. The summed E-state index contributed by atoms with van der Waals surface area (Å²) in [6.45, 7) is 3.88. The summed E-state index contributed by atoms with van der Waals surface area (Å²) in [7, 11) is 1.44. The van der Waals surface area contributed by atoms with Crippen LogP contribution in [0.5, 0.6) is 17.2 Å². The molecule has 0 aromatic heterocycles. The number of aromatic hydroxyl groups is 1. The molecule has 0 aliphatic heterocycles. The van der Waals surface area contributed by atoms with Gasteiger partial charge in [0.05, 0.1) is 13.7 Å². The summed E-state index contributed by atoms with van der Waals surface area (Å²) in [5.41, 5.74) is 0.500. The van der Waals surface area contributed by atoms with E-state index in [0.717, 1.165) is 0 Å². The number of hydrogen-bond donors (Lipinski definition) is 2. The van der Waals surface area contributed by atoms with E-state index in [0.29, 0.717) is 23.8 Å². The van der Waals surface area contributed by atoms with Crippen molar-refractivity contribution >= 4 is 17.6 Å². The molecule has 138 valence electrons. The van der Waals surface area contributed by atoms with Crippen LogP contribution in [-0.4, -0.2) is 36.8 Å². The Bertz CT molecular complexity index is 772. The standard InChI is InChI=1S/C19H21NO6/c1-4-25-14-7-5-13(6-8-14)20-18(22)12(2)26-19(23)16-10-9-15(24-3)11-17(16)21/h5-12,21H,4H2,1-3H3,(H,20,22)/t12-/m0/s1. The Labute approximate surface area is 151 Å². The lowest BCUT2D eigenvalue weighted by Crippen LogP contribution is -2.30. The van der Waals surface area contributed by atoms with Crippen LogP contribution in [0.25, 0.3) is 0 Å². The number of nitrogens with one attached hydrogen (secondary N) is 1. The summed E-state index contributed by atoms with van der Waals surface area (Å²) >= 11 is 0. The molecule has 0 heterocycles. The van der Waals surface area contributed by atoms with E-state index in [1.54, 1.807) is 24.3 Å². The number of anilines is 1. The van der Waals surface area contributed by atoms with Crippen LogP contribution in [0.2, 0.25) is 0 Å². The second-order valence-electron chi connectivity index (χ2n) is 5.38. The van der Waals surface area contributed by atoms with Gasteiger partial charge < -0.3 is 24.6 Å². The highest BCUT2D eigenvalue weighted by atomic mass is 16.5. The topological polar surface area (TPSA) is 94.1 Å². The molecule has 1 amide bonds. The van der Waals surface area contributed by atoms with E-state index in [4.69, 9.17) is 14.2 Å². The van der Waals surface area contributed by atoms with Crippen molar-refractivity contribution < 1.29 is 28.9 Å². The SMILES string of the molecule is CCOc1ccc(NC(=O)[C@H](C)OC(=O)c2ccc(OC)cc2O)cc1. The quantitative estimate of drug-likeness (QED) is 0.738. The number of carbonyl (C=O) groups is 2. The van der Waals surface area contributed by atoms with Crippen LogP contribution in [0.15, 0.2) is 42.5 Å². The molecule has 7 nitrogen and oxygen atoms in total. The molecule has 7 heteroatoms. The van der Waals surface area contributed by atoms with Gasteiger partial charge in [0.1, 0.15) is 22.8 Å². The Balaban J connectivity index is 1.96. The van der Waals surface area contributed by atoms with Crippen LogP contribution in [-0.2, 0) is 9.53 Å². The van der Waals surface area contributed by atoms with Gasteiger partial charge in [-0.05, 0) is 50.2 Å². The number of benzene rings is 2. The van der Waals surface area contributed by atoms with Crippen molar-refractivity contribution in [3.05, 3.63) is 48.0 Å². The summed E-state index contributed by atoms with van der Waals surface area (Å²) in [4.78, 5) is 24.3. The zero-order valence-corrected chi connectivity index (χ0v) is 14.8. The van der Waals surface area contributed by atoms with Gasteiger partial charge >= 0.3 is 5.97 Å². The van der Waals surface area contributed by atoms with E-state index in [-0.39, 0.29) is 11.3 Å². The summed E-state index contributed by atoms with van der Waals surface area (Å²) in [6, 6.07) is 11.0. The fourth-order valence-corrected chi connectivity index (χ4v) is 2.13. The molecule has 2 aromatic rings. The molecule has 0 radical (unpaired) electrons. The monoisotopic (exact) mass is 359 g/mol. The summed E-state index contributed by atoms with van der Waals surface area (Å²) in [5.74, 6) is -0.483. The average Bonchev–Trinajstić information content (AvgIpc) is 2.63. The maximum atomic E-state index is 12.2. The molecule has 2 rings (SSSR count). The first-order valence-electron chi connectivity index (χ1n) is 8.06. The fourth-order valence-electron chi connectivity index (χ4n) is 2.13. The van der Waals surface area contributed by atoms with Crippen molar-refractivity contribution in [1.29, 1.82) is 0 Å². The third-order valence-electron chi connectivity index (χ3n) is 3.51. The second kappa shape index (κ2) is 8.75. The van der Waals surface area contributed by atoms with E-state index in [2.05, 4.69) is 5.32 Å². The molecule has 0 bridgehead atoms. The lowest BCUT2D eigenvalue weighted by molar-refractivity contribution is -0.123. The predicted octanol–water partition coefficient (Wildman–Crippen LogP) is 2.98. The smallest absolute Gasteiger partial charge is 0.342 e. The molecule has 0 saturated heterocycles. The Morgan fingerprint density at radius 1 is 1.12 bits per heavy atom. The van der Waals surface area contributed by atoms with E-state index >= 15 is 0 Å². The van der Waals surface area contributed by atoms with Crippen LogP contribution in [0.4, 0.5) is 5.69 Å². The van der Waals surface area contributed by atoms with Crippen LogP contribution in [0.3, 0.4) is 0 Å². The van der Waals surface area contributed by atoms with Crippen LogP contribution in [0, 0.1) is 0 Å². The number of phenolic OH excluding ortho intramolecular Hbond substituents is 1. The van der Waals surface area contributed by atoms with Gasteiger partial charge in [-0.2, -0.15) is 0 Å². The zero-order chi connectivity index (χ0) is 19.1. The number of esters is 1. The molecule has 1 atom stereocenters. The van der Waals surface area contributed by atoms with Crippen molar-refractivity contribution in [2.45, 2.75) is 20.0 Å². The number of rotatable bonds is 7. The van der Waals surface area contributed by atoms with Crippen LogP contribution < -0.4 is 14.8 Å². The minimum Gasteiger partial charge on any atom is -0.507 e. The van der Waals surface area contributed by atoms with E-state index in [9.17, 15) is 14.7 Å². The summed E-state index contributed by atoms with van der Waals surface area (Å²) in [6.07, 6.45) is -1.05. The molecule has 0 fully saturated rings. The molecular weight excluding hydrogens is 338 g/mol. The Morgan fingerprint density at radius 3 is 2.35 bits per heavy atom. The molecule has 0 aliphatic rings. The Hall–Kier alpha value is -3.22. The number of amides is 1. The molecule has 26 heavy (non-hydrogen) atoms. The number of hydrogen-bond acceptors (Lipinski definition) is 6. The Kier molecular flexibility index (Phi) is 6.43.